The number of imidazole rings is 1. The van der Waals surface area contributed by atoms with Crippen LogP contribution in [0.1, 0.15) is 45.6 Å². The molecule has 1 heterocycles. The van der Waals surface area contributed by atoms with Gasteiger partial charge < -0.3 is 0 Å². The molecule has 0 spiro atoms. The van der Waals surface area contributed by atoms with E-state index in [1.54, 1.807) is 0 Å². The zero-order chi connectivity index (χ0) is 19.6. The van der Waals surface area contributed by atoms with Crippen LogP contribution in [0.2, 0.25) is 0 Å². The number of nitrogens with zero attached hydrogens (tertiary/aromatic N) is 2. The van der Waals surface area contributed by atoms with Gasteiger partial charge in [-0.25, -0.2) is 4.98 Å². The van der Waals surface area contributed by atoms with Gasteiger partial charge in [0, 0.05) is 11.3 Å². The topological polar surface area (TPSA) is 17.8 Å². The van der Waals surface area contributed by atoms with Crippen molar-refractivity contribution in [3.05, 3.63) is 84.4 Å². The van der Waals surface area contributed by atoms with Gasteiger partial charge in [-0.15, -0.1) is 0 Å². The van der Waals surface area contributed by atoms with Crippen molar-refractivity contribution in [2.24, 2.45) is 0 Å². The van der Waals surface area contributed by atoms with Gasteiger partial charge >= 0.3 is 0 Å². The first kappa shape index (κ1) is 18.5. The van der Waals surface area contributed by atoms with Crippen molar-refractivity contribution in [2.75, 3.05) is 0 Å². The highest BCUT2D eigenvalue weighted by Crippen LogP contribution is 2.32. The van der Waals surface area contributed by atoms with E-state index >= 15 is 0 Å². The second-order valence-corrected chi connectivity index (χ2v) is 8.16. The Kier molecular flexibility index (Phi) is 5.04. The van der Waals surface area contributed by atoms with E-state index in [1.165, 1.54) is 24.8 Å². The lowest BCUT2D eigenvalue weighted by atomic mass is 9.80. The van der Waals surface area contributed by atoms with E-state index < -0.39 is 0 Å². The molecule has 0 N–H and O–H groups in total. The van der Waals surface area contributed by atoms with Crippen LogP contribution >= 0.6 is 0 Å². The quantitative estimate of drug-likeness (QED) is 0.353. The molecule has 28 heavy (non-hydrogen) atoms. The molecule has 4 rings (SSSR count). The first-order chi connectivity index (χ1) is 13.6. The molecule has 0 saturated heterocycles. The number of hydrogen-bond acceptors (Lipinski definition) is 1. The number of unbranched alkanes of at least 4 members (excludes halogenated alkanes) is 1. The van der Waals surface area contributed by atoms with Crippen molar-refractivity contribution in [2.45, 2.75) is 45.4 Å². The minimum atomic E-state index is 0.202. The highest BCUT2D eigenvalue weighted by molar-refractivity contribution is 5.83. The summed E-state index contributed by atoms with van der Waals surface area (Å²) in [6.07, 6.45) is 3.71. The fourth-order valence-corrected chi connectivity index (χ4v) is 3.89. The van der Waals surface area contributed by atoms with E-state index in [9.17, 15) is 0 Å². The summed E-state index contributed by atoms with van der Waals surface area (Å²) >= 11 is 0. The summed E-state index contributed by atoms with van der Waals surface area (Å²) < 4.78 is 2.26. The molecule has 0 saturated carbocycles. The predicted octanol–water partition coefficient (Wildman–Crippen LogP) is 7.16. The molecule has 0 amide bonds. The lowest BCUT2D eigenvalue weighted by Gasteiger charge is -2.25. The second kappa shape index (κ2) is 7.63. The predicted molar refractivity (Wildman–Crippen MR) is 119 cm³/mol. The molecule has 2 heteroatoms. The lowest BCUT2D eigenvalue weighted by Crippen LogP contribution is -2.16. The minimum Gasteiger partial charge on any atom is -0.292 e. The third kappa shape index (κ3) is 3.47. The molecule has 1 aromatic heterocycles. The molecule has 0 aliphatic rings. The number of benzene rings is 3. The van der Waals surface area contributed by atoms with Crippen molar-refractivity contribution in [3.63, 3.8) is 0 Å². The third-order valence-electron chi connectivity index (χ3n) is 5.66. The first-order valence-electron chi connectivity index (χ1n) is 10.2. The van der Waals surface area contributed by atoms with Crippen LogP contribution in [0.4, 0.5) is 0 Å². The Morgan fingerprint density at radius 1 is 0.821 bits per heavy atom. The lowest BCUT2D eigenvalue weighted by molar-refractivity contribution is 0.458. The Labute approximate surface area is 167 Å². The SMILES string of the molecule is CCCCC(C)(C)c1ccc(-c2nc3ccccc3n2-c2ccccc2)cc1. The molecule has 4 aromatic rings. The van der Waals surface area contributed by atoms with Gasteiger partial charge in [-0.05, 0) is 41.7 Å². The van der Waals surface area contributed by atoms with Crippen LogP contribution in [0, 0.1) is 0 Å². The van der Waals surface area contributed by atoms with E-state index in [0.29, 0.717) is 0 Å². The largest absolute Gasteiger partial charge is 0.292 e. The van der Waals surface area contributed by atoms with Crippen molar-refractivity contribution in [1.82, 2.24) is 9.55 Å². The fraction of sp³-hybridized carbons (Fsp3) is 0.269. The molecule has 0 fully saturated rings. The number of fused-ring (bicyclic) bond motifs is 1. The monoisotopic (exact) mass is 368 g/mol. The van der Waals surface area contributed by atoms with E-state index in [0.717, 1.165) is 28.1 Å². The number of rotatable bonds is 6. The maximum atomic E-state index is 4.96. The average molecular weight is 369 g/mol. The summed E-state index contributed by atoms with van der Waals surface area (Å²) in [5, 5.41) is 0. The average Bonchev–Trinajstić information content (AvgIpc) is 3.12. The summed E-state index contributed by atoms with van der Waals surface area (Å²) in [6, 6.07) is 27.8. The van der Waals surface area contributed by atoms with Crippen LogP contribution in [0.25, 0.3) is 28.1 Å². The van der Waals surface area contributed by atoms with Crippen molar-refractivity contribution in [3.8, 4) is 17.1 Å². The van der Waals surface area contributed by atoms with Crippen LogP contribution < -0.4 is 0 Å². The van der Waals surface area contributed by atoms with Crippen molar-refractivity contribution >= 4 is 11.0 Å². The zero-order valence-electron chi connectivity index (χ0n) is 17.0. The molecular formula is C26H28N2. The number of para-hydroxylation sites is 3. The molecular weight excluding hydrogens is 340 g/mol. The third-order valence-corrected chi connectivity index (χ3v) is 5.66. The molecule has 0 radical (unpaired) electrons. The Morgan fingerprint density at radius 3 is 2.21 bits per heavy atom. The Bertz CT molecular complexity index is 1060. The van der Waals surface area contributed by atoms with E-state index in [4.69, 9.17) is 4.98 Å². The molecule has 2 nitrogen and oxygen atoms in total. The molecule has 0 aliphatic heterocycles. The van der Waals surface area contributed by atoms with E-state index in [-0.39, 0.29) is 5.41 Å². The smallest absolute Gasteiger partial charge is 0.145 e. The summed E-state index contributed by atoms with van der Waals surface area (Å²) in [7, 11) is 0. The minimum absolute atomic E-state index is 0.202. The molecule has 0 aliphatic carbocycles. The van der Waals surface area contributed by atoms with Crippen LogP contribution in [0.3, 0.4) is 0 Å². The highest BCUT2D eigenvalue weighted by Gasteiger charge is 2.20. The molecule has 0 atom stereocenters. The van der Waals surface area contributed by atoms with Crippen LogP contribution in [0.15, 0.2) is 78.9 Å². The Balaban J connectivity index is 1.80. The molecule has 142 valence electrons. The van der Waals surface area contributed by atoms with Crippen LogP contribution in [-0.2, 0) is 5.41 Å². The van der Waals surface area contributed by atoms with Gasteiger partial charge in [0.15, 0.2) is 0 Å². The summed E-state index contributed by atoms with van der Waals surface area (Å²) in [4.78, 5) is 4.96. The summed E-state index contributed by atoms with van der Waals surface area (Å²) in [5.41, 5.74) is 6.04. The highest BCUT2D eigenvalue weighted by atomic mass is 15.1. The summed E-state index contributed by atoms with van der Waals surface area (Å²) in [6.45, 7) is 6.95. The number of aromatic nitrogens is 2. The standard InChI is InChI=1S/C26H28N2/c1-4-5-19-26(2,3)21-17-15-20(16-18-21)25-27-23-13-9-10-14-24(23)28(25)22-11-7-6-8-12-22/h6-18H,4-5,19H2,1-3H3. The van der Waals surface area contributed by atoms with Crippen LogP contribution in [0.5, 0.6) is 0 Å². The van der Waals surface area contributed by atoms with E-state index in [1.807, 2.05) is 6.07 Å². The van der Waals surface area contributed by atoms with E-state index in [2.05, 4.69) is 98.1 Å². The maximum Gasteiger partial charge on any atom is 0.145 e. The summed E-state index contributed by atoms with van der Waals surface area (Å²) in [5.74, 6) is 0.991. The van der Waals surface area contributed by atoms with Crippen LogP contribution in [-0.4, -0.2) is 9.55 Å². The Hall–Kier alpha value is -2.87. The van der Waals surface area contributed by atoms with Gasteiger partial charge in [-0.3, -0.25) is 4.57 Å². The van der Waals surface area contributed by atoms with Gasteiger partial charge in [0.25, 0.3) is 0 Å². The first-order valence-corrected chi connectivity index (χ1v) is 10.2. The van der Waals surface area contributed by atoms with Gasteiger partial charge in [0.2, 0.25) is 0 Å². The maximum absolute atomic E-state index is 4.96. The van der Waals surface area contributed by atoms with Gasteiger partial charge in [0.05, 0.1) is 11.0 Å². The van der Waals surface area contributed by atoms with Crippen molar-refractivity contribution < 1.29 is 0 Å². The molecule has 0 unspecified atom stereocenters. The number of hydrogen-bond donors (Lipinski definition) is 0. The normalized spacial score (nSPS) is 11.8. The Morgan fingerprint density at radius 2 is 1.50 bits per heavy atom. The van der Waals surface area contributed by atoms with Gasteiger partial charge in [-0.1, -0.05) is 88.2 Å². The second-order valence-electron chi connectivity index (χ2n) is 8.16. The fourth-order valence-electron chi connectivity index (χ4n) is 3.89. The van der Waals surface area contributed by atoms with Gasteiger partial charge in [0.1, 0.15) is 5.82 Å². The van der Waals surface area contributed by atoms with Gasteiger partial charge in [-0.2, -0.15) is 0 Å². The molecule has 0 bridgehead atoms. The molecule has 3 aromatic carbocycles. The zero-order valence-corrected chi connectivity index (χ0v) is 17.0. The van der Waals surface area contributed by atoms with Crippen molar-refractivity contribution in [1.29, 1.82) is 0 Å².